The lowest BCUT2D eigenvalue weighted by Crippen LogP contribution is -2.35. The summed E-state index contributed by atoms with van der Waals surface area (Å²) in [5.74, 6) is -0.183. The molecule has 0 aliphatic rings. The van der Waals surface area contributed by atoms with E-state index in [4.69, 9.17) is 5.73 Å². The lowest BCUT2D eigenvalue weighted by Gasteiger charge is -2.22. The van der Waals surface area contributed by atoms with Gasteiger partial charge in [0.25, 0.3) is 0 Å². The predicted molar refractivity (Wildman–Crippen MR) is 65.8 cm³/mol. The minimum Gasteiger partial charge on any atom is -0.329 e. The zero-order valence-electron chi connectivity index (χ0n) is 10.3. The van der Waals surface area contributed by atoms with Crippen molar-refractivity contribution in [2.75, 3.05) is 6.54 Å². The summed E-state index contributed by atoms with van der Waals surface area (Å²) in [5, 5.41) is 3.34. The Balaban J connectivity index is 2.89. The molecule has 0 fully saturated rings. The molecule has 0 radical (unpaired) electrons. The summed E-state index contributed by atoms with van der Waals surface area (Å²) in [6, 6.07) is 5.38. The van der Waals surface area contributed by atoms with E-state index in [0.29, 0.717) is 18.2 Å². The molecule has 0 bridgehead atoms. The van der Waals surface area contributed by atoms with Crippen LogP contribution < -0.4 is 11.1 Å². The number of benzene rings is 1. The molecular weight excluding hydrogens is 203 g/mol. The standard InChI is InChI=1S/C13H21FN2/c1-4-10(3)16-13(8-15)11-7-9(2)5-6-12(11)14/h5-7,10,13,16H,4,8,15H2,1-3H3. The molecule has 0 aliphatic carbocycles. The molecule has 16 heavy (non-hydrogen) atoms. The van der Waals surface area contributed by atoms with Crippen LogP contribution in [0.4, 0.5) is 4.39 Å². The molecule has 0 aromatic heterocycles. The number of aryl methyl sites for hydroxylation is 1. The van der Waals surface area contributed by atoms with E-state index in [-0.39, 0.29) is 11.9 Å². The van der Waals surface area contributed by atoms with Gasteiger partial charge in [0.15, 0.2) is 0 Å². The summed E-state index contributed by atoms with van der Waals surface area (Å²) >= 11 is 0. The van der Waals surface area contributed by atoms with Gasteiger partial charge in [-0.3, -0.25) is 0 Å². The fourth-order valence-corrected chi connectivity index (χ4v) is 1.68. The van der Waals surface area contributed by atoms with Crippen molar-refractivity contribution in [3.05, 3.63) is 35.1 Å². The van der Waals surface area contributed by atoms with Crippen molar-refractivity contribution in [2.24, 2.45) is 5.73 Å². The van der Waals surface area contributed by atoms with Crippen molar-refractivity contribution in [1.82, 2.24) is 5.32 Å². The predicted octanol–water partition coefficient (Wildman–Crippen LogP) is 2.52. The summed E-state index contributed by atoms with van der Waals surface area (Å²) in [7, 11) is 0. The van der Waals surface area contributed by atoms with Crippen LogP contribution in [0.25, 0.3) is 0 Å². The molecule has 0 saturated heterocycles. The monoisotopic (exact) mass is 224 g/mol. The fourth-order valence-electron chi connectivity index (χ4n) is 1.68. The van der Waals surface area contributed by atoms with Gasteiger partial charge in [0.1, 0.15) is 5.82 Å². The van der Waals surface area contributed by atoms with Gasteiger partial charge in [0, 0.05) is 24.2 Å². The van der Waals surface area contributed by atoms with Crippen LogP contribution >= 0.6 is 0 Å². The molecular formula is C13H21FN2. The minimum absolute atomic E-state index is 0.102. The number of nitrogens with two attached hydrogens (primary N) is 1. The minimum atomic E-state index is -0.183. The molecule has 2 atom stereocenters. The molecule has 0 heterocycles. The lowest BCUT2D eigenvalue weighted by atomic mass is 10.0. The van der Waals surface area contributed by atoms with Gasteiger partial charge in [0.2, 0.25) is 0 Å². The van der Waals surface area contributed by atoms with Crippen molar-refractivity contribution in [3.8, 4) is 0 Å². The average molecular weight is 224 g/mol. The molecule has 0 amide bonds. The maximum Gasteiger partial charge on any atom is 0.128 e. The van der Waals surface area contributed by atoms with E-state index in [0.717, 1.165) is 12.0 Å². The first-order valence-electron chi connectivity index (χ1n) is 5.80. The number of hydrogen-bond donors (Lipinski definition) is 2. The Labute approximate surface area is 97.0 Å². The topological polar surface area (TPSA) is 38.0 Å². The van der Waals surface area contributed by atoms with Gasteiger partial charge in [-0.15, -0.1) is 0 Å². The average Bonchev–Trinajstić information content (AvgIpc) is 2.29. The van der Waals surface area contributed by atoms with Crippen molar-refractivity contribution in [1.29, 1.82) is 0 Å². The van der Waals surface area contributed by atoms with E-state index >= 15 is 0 Å². The van der Waals surface area contributed by atoms with Crippen LogP contribution in [0.5, 0.6) is 0 Å². The van der Waals surface area contributed by atoms with E-state index in [9.17, 15) is 4.39 Å². The first-order chi connectivity index (χ1) is 7.58. The third-order valence-electron chi connectivity index (χ3n) is 2.86. The molecule has 3 heteroatoms. The van der Waals surface area contributed by atoms with Crippen LogP contribution in [0.15, 0.2) is 18.2 Å². The maximum absolute atomic E-state index is 13.7. The fraction of sp³-hybridized carbons (Fsp3) is 0.538. The molecule has 1 rings (SSSR count). The Hall–Kier alpha value is -0.930. The molecule has 3 N–H and O–H groups in total. The SMILES string of the molecule is CCC(C)NC(CN)c1cc(C)ccc1F. The molecule has 0 saturated carbocycles. The molecule has 0 aliphatic heterocycles. The second-order valence-corrected chi connectivity index (χ2v) is 4.29. The molecule has 1 aromatic rings. The number of hydrogen-bond acceptors (Lipinski definition) is 2. The third-order valence-corrected chi connectivity index (χ3v) is 2.86. The van der Waals surface area contributed by atoms with E-state index in [1.807, 2.05) is 13.0 Å². The summed E-state index contributed by atoms with van der Waals surface area (Å²) in [5.41, 5.74) is 7.42. The van der Waals surface area contributed by atoms with Crippen LogP contribution in [0.3, 0.4) is 0 Å². The zero-order valence-corrected chi connectivity index (χ0v) is 10.3. The quantitative estimate of drug-likeness (QED) is 0.806. The van der Waals surface area contributed by atoms with Gasteiger partial charge in [-0.1, -0.05) is 24.6 Å². The van der Waals surface area contributed by atoms with Gasteiger partial charge >= 0.3 is 0 Å². The highest BCUT2D eigenvalue weighted by molar-refractivity contribution is 5.27. The summed E-state index contributed by atoms with van der Waals surface area (Å²) in [6.07, 6.45) is 1.00. The maximum atomic E-state index is 13.7. The van der Waals surface area contributed by atoms with Gasteiger partial charge in [-0.25, -0.2) is 4.39 Å². The Morgan fingerprint density at radius 3 is 2.69 bits per heavy atom. The van der Waals surface area contributed by atoms with Crippen LogP contribution in [-0.4, -0.2) is 12.6 Å². The van der Waals surface area contributed by atoms with Gasteiger partial charge in [-0.2, -0.15) is 0 Å². The van der Waals surface area contributed by atoms with Crippen LogP contribution in [0, 0.1) is 12.7 Å². The molecule has 90 valence electrons. The lowest BCUT2D eigenvalue weighted by molar-refractivity contribution is 0.437. The van der Waals surface area contributed by atoms with Crippen molar-refractivity contribution in [2.45, 2.75) is 39.3 Å². The highest BCUT2D eigenvalue weighted by Gasteiger charge is 2.15. The van der Waals surface area contributed by atoms with Gasteiger partial charge < -0.3 is 11.1 Å². The highest BCUT2D eigenvalue weighted by Crippen LogP contribution is 2.18. The second-order valence-electron chi connectivity index (χ2n) is 4.29. The first kappa shape index (κ1) is 13.1. The molecule has 2 nitrogen and oxygen atoms in total. The van der Waals surface area contributed by atoms with E-state index in [1.54, 1.807) is 6.07 Å². The van der Waals surface area contributed by atoms with Crippen molar-refractivity contribution >= 4 is 0 Å². The Kier molecular flexibility index (Phi) is 4.90. The number of halogens is 1. The zero-order chi connectivity index (χ0) is 12.1. The normalized spacial score (nSPS) is 14.8. The Morgan fingerprint density at radius 1 is 1.44 bits per heavy atom. The van der Waals surface area contributed by atoms with Crippen molar-refractivity contribution < 1.29 is 4.39 Å². The number of rotatable bonds is 5. The third kappa shape index (κ3) is 3.29. The van der Waals surface area contributed by atoms with Crippen LogP contribution in [0.1, 0.15) is 37.4 Å². The van der Waals surface area contributed by atoms with E-state index in [1.165, 1.54) is 6.07 Å². The molecule has 1 aromatic carbocycles. The highest BCUT2D eigenvalue weighted by atomic mass is 19.1. The summed E-state index contributed by atoms with van der Waals surface area (Å²) in [6.45, 7) is 6.54. The van der Waals surface area contributed by atoms with Crippen LogP contribution in [0.2, 0.25) is 0 Å². The largest absolute Gasteiger partial charge is 0.329 e. The first-order valence-corrected chi connectivity index (χ1v) is 5.80. The summed E-state index contributed by atoms with van der Waals surface area (Å²) < 4.78 is 13.7. The smallest absolute Gasteiger partial charge is 0.128 e. The molecule has 0 spiro atoms. The Morgan fingerprint density at radius 2 is 2.12 bits per heavy atom. The second kappa shape index (κ2) is 5.97. The van der Waals surface area contributed by atoms with Crippen LogP contribution in [-0.2, 0) is 0 Å². The Bertz CT molecular complexity index is 339. The number of nitrogens with one attached hydrogen (secondary N) is 1. The molecule has 2 unspecified atom stereocenters. The summed E-state index contributed by atoms with van der Waals surface area (Å²) in [4.78, 5) is 0. The van der Waals surface area contributed by atoms with Gasteiger partial charge in [-0.05, 0) is 26.3 Å². The van der Waals surface area contributed by atoms with Gasteiger partial charge in [0.05, 0.1) is 0 Å². The van der Waals surface area contributed by atoms with E-state index < -0.39 is 0 Å². The van der Waals surface area contributed by atoms with E-state index in [2.05, 4.69) is 19.2 Å². The van der Waals surface area contributed by atoms with Crippen molar-refractivity contribution in [3.63, 3.8) is 0 Å².